The molecule has 1 rings (SSSR count). The third-order valence-corrected chi connectivity index (χ3v) is 3.09. The molecular formula is C15H23NO3. The van der Waals surface area contributed by atoms with E-state index in [4.69, 9.17) is 9.47 Å². The first kappa shape index (κ1) is 15.5. The molecule has 1 aromatic carbocycles. The average Bonchev–Trinajstić information content (AvgIpc) is 2.36. The Hall–Kier alpha value is -1.55. The maximum absolute atomic E-state index is 11.7. The lowest BCUT2D eigenvalue weighted by Gasteiger charge is -2.24. The number of ether oxygens (including phenoxy) is 2. The molecule has 0 aliphatic heterocycles. The van der Waals surface area contributed by atoms with Gasteiger partial charge in [-0.15, -0.1) is 0 Å². The first-order valence-corrected chi connectivity index (χ1v) is 6.46. The Kier molecular flexibility index (Phi) is 5.83. The Morgan fingerprint density at radius 2 is 2.05 bits per heavy atom. The van der Waals surface area contributed by atoms with Crippen LogP contribution in [0.1, 0.15) is 30.5 Å². The molecule has 4 heteroatoms. The van der Waals surface area contributed by atoms with Gasteiger partial charge in [0, 0.05) is 6.04 Å². The van der Waals surface area contributed by atoms with Crippen molar-refractivity contribution in [2.75, 3.05) is 27.8 Å². The van der Waals surface area contributed by atoms with Crippen LogP contribution in [0.4, 0.5) is 0 Å². The van der Waals surface area contributed by atoms with Gasteiger partial charge >= 0.3 is 5.97 Å². The van der Waals surface area contributed by atoms with E-state index in [-0.39, 0.29) is 12.0 Å². The standard InChI is InChI=1S/C15H23NO3/c1-6-19-15(17)10-13(16(3)4)12-7-8-14(18-5)11(2)9-12/h7-9,13H,6,10H2,1-5H3. The summed E-state index contributed by atoms with van der Waals surface area (Å²) in [6.45, 7) is 4.24. The van der Waals surface area contributed by atoms with Crippen LogP contribution >= 0.6 is 0 Å². The molecule has 0 aliphatic rings. The van der Waals surface area contributed by atoms with Crippen LogP contribution < -0.4 is 4.74 Å². The van der Waals surface area contributed by atoms with Crippen molar-refractivity contribution in [1.29, 1.82) is 0 Å². The number of aryl methyl sites for hydroxylation is 1. The van der Waals surface area contributed by atoms with E-state index in [0.717, 1.165) is 16.9 Å². The van der Waals surface area contributed by atoms with Crippen molar-refractivity contribution in [2.24, 2.45) is 0 Å². The highest BCUT2D eigenvalue weighted by atomic mass is 16.5. The zero-order valence-electron chi connectivity index (χ0n) is 12.4. The van der Waals surface area contributed by atoms with Gasteiger partial charge in [0.2, 0.25) is 0 Å². The van der Waals surface area contributed by atoms with E-state index in [1.165, 1.54) is 0 Å². The summed E-state index contributed by atoms with van der Waals surface area (Å²) in [5.41, 5.74) is 2.16. The van der Waals surface area contributed by atoms with Gasteiger partial charge in [0.05, 0.1) is 20.1 Å². The molecule has 0 fully saturated rings. The minimum absolute atomic E-state index is 0.0173. The second kappa shape index (κ2) is 7.14. The Morgan fingerprint density at radius 3 is 2.53 bits per heavy atom. The molecule has 1 aromatic rings. The van der Waals surface area contributed by atoms with Crippen molar-refractivity contribution < 1.29 is 14.3 Å². The molecule has 4 nitrogen and oxygen atoms in total. The van der Waals surface area contributed by atoms with Crippen molar-refractivity contribution in [2.45, 2.75) is 26.3 Å². The van der Waals surface area contributed by atoms with Crippen molar-refractivity contribution in [3.63, 3.8) is 0 Å². The number of hydrogen-bond donors (Lipinski definition) is 0. The molecule has 0 aliphatic carbocycles. The second-order valence-corrected chi connectivity index (χ2v) is 4.72. The number of hydrogen-bond acceptors (Lipinski definition) is 4. The highest BCUT2D eigenvalue weighted by molar-refractivity contribution is 5.70. The number of nitrogens with zero attached hydrogens (tertiary/aromatic N) is 1. The lowest BCUT2D eigenvalue weighted by molar-refractivity contribution is -0.144. The third kappa shape index (κ3) is 4.24. The molecular weight excluding hydrogens is 242 g/mol. The minimum Gasteiger partial charge on any atom is -0.496 e. The summed E-state index contributed by atoms with van der Waals surface area (Å²) in [5, 5.41) is 0. The number of rotatable bonds is 6. The van der Waals surface area contributed by atoms with Crippen LogP contribution in [0.3, 0.4) is 0 Å². The van der Waals surface area contributed by atoms with Gasteiger partial charge in [-0.1, -0.05) is 12.1 Å². The highest BCUT2D eigenvalue weighted by Gasteiger charge is 2.19. The fourth-order valence-corrected chi connectivity index (χ4v) is 2.09. The van der Waals surface area contributed by atoms with Crippen LogP contribution in [0, 0.1) is 6.92 Å². The Morgan fingerprint density at radius 1 is 1.37 bits per heavy atom. The lowest BCUT2D eigenvalue weighted by atomic mass is 10.0. The second-order valence-electron chi connectivity index (χ2n) is 4.72. The smallest absolute Gasteiger partial charge is 0.307 e. The van der Waals surface area contributed by atoms with E-state index in [2.05, 4.69) is 6.07 Å². The molecule has 0 saturated heterocycles. The SMILES string of the molecule is CCOC(=O)CC(c1ccc(OC)c(C)c1)N(C)C. The Bertz CT molecular complexity index is 429. The molecule has 0 heterocycles. The van der Waals surface area contributed by atoms with Crippen LogP contribution in [0.5, 0.6) is 5.75 Å². The van der Waals surface area contributed by atoms with E-state index in [0.29, 0.717) is 13.0 Å². The number of carbonyl (C=O) groups is 1. The molecule has 0 spiro atoms. The number of benzene rings is 1. The molecule has 0 radical (unpaired) electrons. The van der Waals surface area contributed by atoms with Gasteiger partial charge in [-0.25, -0.2) is 0 Å². The molecule has 0 amide bonds. The molecule has 1 unspecified atom stereocenters. The third-order valence-electron chi connectivity index (χ3n) is 3.09. The van der Waals surface area contributed by atoms with E-state index in [9.17, 15) is 4.79 Å². The molecule has 0 N–H and O–H groups in total. The lowest BCUT2D eigenvalue weighted by Crippen LogP contribution is -2.23. The van der Waals surface area contributed by atoms with Crippen LogP contribution in [-0.4, -0.2) is 38.7 Å². The van der Waals surface area contributed by atoms with E-state index in [1.807, 2.05) is 45.0 Å². The van der Waals surface area contributed by atoms with E-state index >= 15 is 0 Å². The molecule has 19 heavy (non-hydrogen) atoms. The zero-order chi connectivity index (χ0) is 14.4. The summed E-state index contributed by atoms with van der Waals surface area (Å²) in [6, 6.07) is 6.01. The molecule has 0 bridgehead atoms. The summed E-state index contributed by atoms with van der Waals surface area (Å²) in [6.07, 6.45) is 0.354. The summed E-state index contributed by atoms with van der Waals surface area (Å²) in [7, 11) is 5.58. The van der Waals surface area contributed by atoms with Crippen molar-refractivity contribution in [3.05, 3.63) is 29.3 Å². The van der Waals surface area contributed by atoms with Gasteiger partial charge in [0.1, 0.15) is 5.75 Å². The van der Waals surface area contributed by atoms with Crippen molar-refractivity contribution in [1.82, 2.24) is 4.90 Å². The molecule has 0 saturated carbocycles. The van der Waals surface area contributed by atoms with Gasteiger partial charge in [-0.3, -0.25) is 4.79 Å². The van der Waals surface area contributed by atoms with Crippen LogP contribution in [0.2, 0.25) is 0 Å². The van der Waals surface area contributed by atoms with Gasteiger partial charge in [-0.2, -0.15) is 0 Å². The fourth-order valence-electron chi connectivity index (χ4n) is 2.09. The van der Waals surface area contributed by atoms with Crippen LogP contribution in [0.25, 0.3) is 0 Å². The molecule has 106 valence electrons. The topological polar surface area (TPSA) is 38.8 Å². The Balaban J connectivity index is 2.93. The average molecular weight is 265 g/mol. The quantitative estimate of drug-likeness (QED) is 0.741. The number of methoxy groups -OCH3 is 1. The van der Waals surface area contributed by atoms with Crippen molar-refractivity contribution in [3.8, 4) is 5.75 Å². The van der Waals surface area contributed by atoms with Crippen molar-refractivity contribution >= 4 is 5.97 Å². The Labute approximate surface area is 115 Å². The fraction of sp³-hybridized carbons (Fsp3) is 0.533. The minimum atomic E-state index is -0.172. The maximum Gasteiger partial charge on any atom is 0.307 e. The van der Waals surface area contributed by atoms with Gasteiger partial charge in [0.15, 0.2) is 0 Å². The van der Waals surface area contributed by atoms with E-state index in [1.54, 1.807) is 7.11 Å². The molecule has 0 aromatic heterocycles. The van der Waals surface area contributed by atoms with Crippen LogP contribution in [-0.2, 0) is 9.53 Å². The van der Waals surface area contributed by atoms with Gasteiger partial charge in [-0.05, 0) is 45.1 Å². The first-order chi connectivity index (χ1) is 8.99. The number of carbonyl (C=O) groups excluding carboxylic acids is 1. The summed E-state index contributed by atoms with van der Waals surface area (Å²) >= 11 is 0. The maximum atomic E-state index is 11.7. The summed E-state index contributed by atoms with van der Waals surface area (Å²) in [5.74, 6) is 0.687. The summed E-state index contributed by atoms with van der Waals surface area (Å²) in [4.78, 5) is 13.7. The highest BCUT2D eigenvalue weighted by Crippen LogP contribution is 2.27. The van der Waals surface area contributed by atoms with Gasteiger partial charge in [0.25, 0.3) is 0 Å². The number of esters is 1. The van der Waals surface area contributed by atoms with Crippen LogP contribution in [0.15, 0.2) is 18.2 Å². The summed E-state index contributed by atoms with van der Waals surface area (Å²) < 4.78 is 10.3. The predicted molar refractivity (Wildman–Crippen MR) is 75.4 cm³/mol. The zero-order valence-corrected chi connectivity index (χ0v) is 12.4. The monoisotopic (exact) mass is 265 g/mol. The normalized spacial score (nSPS) is 12.3. The predicted octanol–water partition coefficient (Wildman–Crippen LogP) is 2.56. The van der Waals surface area contributed by atoms with E-state index < -0.39 is 0 Å². The molecule has 1 atom stereocenters. The first-order valence-electron chi connectivity index (χ1n) is 6.46. The van der Waals surface area contributed by atoms with Gasteiger partial charge < -0.3 is 14.4 Å². The largest absolute Gasteiger partial charge is 0.496 e.